The van der Waals surface area contributed by atoms with Gasteiger partial charge in [0.2, 0.25) is 0 Å². The van der Waals surface area contributed by atoms with Gasteiger partial charge in [0.05, 0.1) is 6.61 Å². The van der Waals surface area contributed by atoms with Crippen molar-refractivity contribution in [1.29, 1.82) is 0 Å². The van der Waals surface area contributed by atoms with Gasteiger partial charge in [0.15, 0.2) is 0 Å². The van der Waals surface area contributed by atoms with E-state index in [1.54, 1.807) is 13.0 Å². The highest BCUT2D eigenvalue weighted by Crippen LogP contribution is 2.29. The lowest BCUT2D eigenvalue weighted by Gasteiger charge is -2.16. The van der Waals surface area contributed by atoms with Crippen LogP contribution in [0.2, 0.25) is 0 Å². The molecule has 0 amide bonds. The fourth-order valence-electron chi connectivity index (χ4n) is 1.43. The first kappa shape index (κ1) is 11.8. The quantitative estimate of drug-likeness (QED) is 0.704. The number of furan rings is 1. The lowest BCUT2D eigenvalue weighted by molar-refractivity contribution is 0.0521. The number of ether oxygens (including phenoxy) is 1. The Bertz CT molecular complexity index is 355. The van der Waals surface area contributed by atoms with E-state index in [-0.39, 0.29) is 11.4 Å². The molecule has 0 aliphatic heterocycles. The second-order valence-corrected chi connectivity index (χ2v) is 4.57. The second-order valence-electron chi connectivity index (χ2n) is 4.57. The Balaban J connectivity index is 3.12. The van der Waals surface area contributed by atoms with Crippen LogP contribution >= 0.6 is 0 Å². The summed E-state index contributed by atoms with van der Waals surface area (Å²) < 4.78 is 10.5. The lowest BCUT2D eigenvalue weighted by atomic mass is 9.90. The Morgan fingerprint density at radius 2 is 2.07 bits per heavy atom. The minimum atomic E-state index is -0.306. The molecule has 0 fully saturated rings. The van der Waals surface area contributed by atoms with Gasteiger partial charge in [-0.15, -0.1) is 0 Å². The number of rotatable bonds is 2. The van der Waals surface area contributed by atoms with E-state index in [1.807, 2.05) is 27.7 Å². The SMILES string of the molecule is CCOC(=O)c1cc(C)oc1C(C)(C)C. The maximum atomic E-state index is 11.6. The van der Waals surface area contributed by atoms with Crippen LogP contribution in [-0.4, -0.2) is 12.6 Å². The van der Waals surface area contributed by atoms with Gasteiger partial charge >= 0.3 is 5.97 Å². The first-order chi connectivity index (χ1) is 6.86. The summed E-state index contributed by atoms with van der Waals surface area (Å²) in [6.07, 6.45) is 0. The molecule has 0 atom stereocenters. The minimum absolute atomic E-state index is 0.184. The molecule has 0 aliphatic rings. The van der Waals surface area contributed by atoms with Crippen molar-refractivity contribution in [1.82, 2.24) is 0 Å². The molecule has 1 aromatic heterocycles. The number of aryl methyl sites for hydroxylation is 1. The highest BCUT2D eigenvalue weighted by atomic mass is 16.5. The zero-order valence-electron chi connectivity index (χ0n) is 10.0. The van der Waals surface area contributed by atoms with Crippen molar-refractivity contribution < 1.29 is 13.9 Å². The summed E-state index contributed by atoms with van der Waals surface area (Å²) in [5.41, 5.74) is 0.359. The number of hydrogen-bond donors (Lipinski definition) is 0. The maximum absolute atomic E-state index is 11.6. The molecule has 0 bridgehead atoms. The molecule has 84 valence electrons. The van der Waals surface area contributed by atoms with E-state index in [0.717, 1.165) is 5.76 Å². The van der Waals surface area contributed by atoms with Gasteiger partial charge in [-0.25, -0.2) is 4.79 Å². The number of carbonyl (C=O) groups is 1. The largest absolute Gasteiger partial charge is 0.465 e. The van der Waals surface area contributed by atoms with E-state index in [1.165, 1.54) is 0 Å². The molecule has 0 aromatic carbocycles. The van der Waals surface area contributed by atoms with Crippen molar-refractivity contribution in [3.63, 3.8) is 0 Å². The highest BCUT2D eigenvalue weighted by Gasteiger charge is 2.27. The standard InChI is InChI=1S/C12H18O3/c1-6-14-11(13)9-7-8(2)15-10(9)12(3,4)5/h7H,6H2,1-5H3. The summed E-state index contributed by atoms with van der Waals surface area (Å²) in [4.78, 5) is 11.6. The van der Waals surface area contributed by atoms with Crippen molar-refractivity contribution >= 4 is 5.97 Å². The fraction of sp³-hybridized carbons (Fsp3) is 0.583. The maximum Gasteiger partial charge on any atom is 0.341 e. The van der Waals surface area contributed by atoms with Gasteiger partial charge in [0.25, 0.3) is 0 Å². The van der Waals surface area contributed by atoms with E-state index >= 15 is 0 Å². The molecular weight excluding hydrogens is 192 g/mol. The van der Waals surface area contributed by atoms with Gasteiger partial charge in [-0.3, -0.25) is 0 Å². The van der Waals surface area contributed by atoms with Crippen LogP contribution in [0.15, 0.2) is 10.5 Å². The molecule has 0 aliphatic carbocycles. The summed E-state index contributed by atoms with van der Waals surface area (Å²) in [7, 11) is 0. The Morgan fingerprint density at radius 1 is 1.47 bits per heavy atom. The van der Waals surface area contributed by atoms with Crippen LogP contribution in [0, 0.1) is 6.92 Å². The Labute approximate surface area is 90.4 Å². The van der Waals surface area contributed by atoms with E-state index in [4.69, 9.17) is 9.15 Å². The average Bonchev–Trinajstić information content (AvgIpc) is 2.47. The summed E-state index contributed by atoms with van der Waals surface area (Å²) >= 11 is 0. The van der Waals surface area contributed by atoms with Crippen LogP contribution in [0.5, 0.6) is 0 Å². The van der Waals surface area contributed by atoms with Gasteiger partial charge in [-0.1, -0.05) is 20.8 Å². The smallest absolute Gasteiger partial charge is 0.341 e. The van der Waals surface area contributed by atoms with Gasteiger partial charge in [-0.2, -0.15) is 0 Å². The lowest BCUT2D eigenvalue weighted by Crippen LogP contribution is -2.16. The molecule has 0 spiro atoms. The summed E-state index contributed by atoms with van der Waals surface area (Å²) in [5, 5.41) is 0. The first-order valence-corrected chi connectivity index (χ1v) is 5.14. The van der Waals surface area contributed by atoms with E-state index in [2.05, 4.69) is 0 Å². The van der Waals surface area contributed by atoms with Crippen LogP contribution in [0.4, 0.5) is 0 Å². The summed E-state index contributed by atoms with van der Waals surface area (Å²) in [6, 6.07) is 1.73. The van der Waals surface area contributed by atoms with Crippen molar-refractivity contribution in [3.8, 4) is 0 Å². The number of carbonyl (C=O) groups excluding carboxylic acids is 1. The predicted octanol–water partition coefficient (Wildman–Crippen LogP) is 3.06. The Kier molecular flexibility index (Phi) is 3.22. The number of esters is 1. The van der Waals surface area contributed by atoms with Crippen molar-refractivity contribution in [2.24, 2.45) is 0 Å². The molecule has 0 saturated heterocycles. The molecule has 15 heavy (non-hydrogen) atoms. The molecule has 1 rings (SSSR count). The van der Waals surface area contributed by atoms with Gasteiger partial charge in [0, 0.05) is 5.41 Å². The topological polar surface area (TPSA) is 39.4 Å². The van der Waals surface area contributed by atoms with E-state index in [0.29, 0.717) is 17.9 Å². The molecule has 0 N–H and O–H groups in total. The highest BCUT2D eigenvalue weighted by molar-refractivity contribution is 5.91. The molecule has 0 unspecified atom stereocenters. The summed E-state index contributed by atoms with van der Waals surface area (Å²) in [6.45, 7) is 10.0. The number of hydrogen-bond acceptors (Lipinski definition) is 3. The van der Waals surface area contributed by atoms with Crippen LogP contribution < -0.4 is 0 Å². The minimum Gasteiger partial charge on any atom is -0.465 e. The van der Waals surface area contributed by atoms with Crippen LogP contribution in [0.3, 0.4) is 0 Å². The first-order valence-electron chi connectivity index (χ1n) is 5.14. The molecule has 1 heterocycles. The van der Waals surface area contributed by atoms with Gasteiger partial charge in [0.1, 0.15) is 17.1 Å². The van der Waals surface area contributed by atoms with Crippen LogP contribution in [-0.2, 0) is 10.2 Å². The molecule has 1 aromatic rings. The Hall–Kier alpha value is -1.25. The molecule has 3 nitrogen and oxygen atoms in total. The second kappa shape index (κ2) is 4.09. The van der Waals surface area contributed by atoms with Crippen LogP contribution in [0.25, 0.3) is 0 Å². The predicted molar refractivity (Wildman–Crippen MR) is 58.1 cm³/mol. The third-order valence-corrected chi connectivity index (χ3v) is 2.03. The normalized spacial score (nSPS) is 11.5. The fourth-order valence-corrected chi connectivity index (χ4v) is 1.43. The third-order valence-electron chi connectivity index (χ3n) is 2.03. The molecule has 0 saturated carbocycles. The Morgan fingerprint density at radius 3 is 2.53 bits per heavy atom. The van der Waals surface area contributed by atoms with Gasteiger partial charge in [-0.05, 0) is 19.9 Å². The average molecular weight is 210 g/mol. The van der Waals surface area contributed by atoms with E-state index in [9.17, 15) is 4.79 Å². The monoisotopic (exact) mass is 210 g/mol. The molecular formula is C12H18O3. The van der Waals surface area contributed by atoms with Crippen LogP contribution in [0.1, 0.15) is 49.6 Å². The molecule has 3 heteroatoms. The van der Waals surface area contributed by atoms with Crippen molar-refractivity contribution in [2.45, 2.75) is 40.0 Å². The van der Waals surface area contributed by atoms with Gasteiger partial charge < -0.3 is 9.15 Å². The van der Waals surface area contributed by atoms with Crippen molar-refractivity contribution in [2.75, 3.05) is 6.61 Å². The molecule has 0 radical (unpaired) electrons. The zero-order chi connectivity index (χ0) is 11.6. The summed E-state index contributed by atoms with van der Waals surface area (Å²) in [5.74, 6) is 1.13. The van der Waals surface area contributed by atoms with E-state index < -0.39 is 0 Å². The third kappa shape index (κ3) is 2.61. The zero-order valence-corrected chi connectivity index (χ0v) is 10.0. The van der Waals surface area contributed by atoms with Crippen molar-refractivity contribution in [3.05, 3.63) is 23.2 Å².